The molecule has 0 saturated heterocycles. The Bertz CT molecular complexity index is 781. The quantitative estimate of drug-likeness (QED) is 0.166. The van der Waals surface area contributed by atoms with Crippen molar-refractivity contribution in [3.05, 3.63) is 35.4 Å². The summed E-state index contributed by atoms with van der Waals surface area (Å²) in [5.74, 6) is 3.93. The van der Waals surface area contributed by atoms with Crippen LogP contribution >= 0.6 is 47.0 Å². The Morgan fingerprint density at radius 3 is 1.64 bits per heavy atom. The molecule has 0 amide bonds. The number of aryl methyl sites for hydroxylation is 2. The molecule has 0 radical (unpaired) electrons. The molecule has 2 heterocycles. The zero-order valence-electron chi connectivity index (χ0n) is 19.9. The van der Waals surface area contributed by atoms with E-state index in [-0.39, 0.29) is 0 Å². The molecular formula is C21H36N8S4. The van der Waals surface area contributed by atoms with Crippen molar-refractivity contribution >= 4 is 57.4 Å². The number of rotatable bonds is 14. The van der Waals surface area contributed by atoms with E-state index >= 15 is 0 Å². The third kappa shape index (κ3) is 11.6. The first-order valence-electron chi connectivity index (χ1n) is 10.9. The maximum absolute atomic E-state index is 4.68. The van der Waals surface area contributed by atoms with Gasteiger partial charge < -0.3 is 20.6 Å². The first-order chi connectivity index (χ1) is 16.1. The second-order valence-electron chi connectivity index (χ2n) is 7.04. The van der Waals surface area contributed by atoms with E-state index in [1.807, 2.05) is 23.5 Å². The van der Waals surface area contributed by atoms with Gasteiger partial charge in [0.25, 0.3) is 0 Å². The molecule has 0 unspecified atom stereocenters. The average molecular weight is 529 g/mol. The minimum absolute atomic E-state index is 0.785. The molecule has 33 heavy (non-hydrogen) atoms. The van der Waals surface area contributed by atoms with Crippen LogP contribution < -0.4 is 10.6 Å². The van der Waals surface area contributed by atoms with Crippen LogP contribution in [0.1, 0.15) is 29.2 Å². The van der Waals surface area contributed by atoms with E-state index in [0.717, 1.165) is 88.7 Å². The predicted molar refractivity (Wildman–Crippen MR) is 151 cm³/mol. The molecule has 4 N–H and O–H groups in total. The molecule has 0 aliphatic carbocycles. The van der Waals surface area contributed by atoms with Crippen LogP contribution in [0.15, 0.2) is 22.6 Å². The van der Waals surface area contributed by atoms with Crippen molar-refractivity contribution in [2.24, 2.45) is 9.98 Å². The van der Waals surface area contributed by atoms with E-state index in [9.17, 15) is 0 Å². The summed E-state index contributed by atoms with van der Waals surface area (Å²) in [6.45, 7) is 7.51. The molecule has 0 aromatic carbocycles. The van der Waals surface area contributed by atoms with Crippen molar-refractivity contribution in [2.45, 2.75) is 31.8 Å². The number of aromatic nitrogens is 4. The fourth-order valence-electron chi connectivity index (χ4n) is 2.68. The number of nitrogens with one attached hydrogen (secondary N) is 4. The smallest absolute Gasteiger partial charge is 0.156 e. The molecule has 0 atom stereocenters. The van der Waals surface area contributed by atoms with Gasteiger partial charge in [0.05, 0.1) is 24.0 Å². The lowest BCUT2D eigenvalue weighted by molar-refractivity contribution is 0.833. The van der Waals surface area contributed by atoms with Gasteiger partial charge in [-0.25, -0.2) is 9.97 Å². The largest absolute Gasteiger partial charge is 0.364 e. The summed E-state index contributed by atoms with van der Waals surface area (Å²) in [6, 6.07) is 0. The van der Waals surface area contributed by atoms with Crippen molar-refractivity contribution < 1.29 is 0 Å². The third-order valence-corrected chi connectivity index (χ3v) is 7.87. The van der Waals surface area contributed by atoms with Gasteiger partial charge in [0, 0.05) is 60.6 Å². The lowest BCUT2D eigenvalue weighted by Crippen LogP contribution is -2.24. The van der Waals surface area contributed by atoms with E-state index in [1.165, 1.54) is 0 Å². The van der Waals surface area contributed by atoms with Gasteiger partial charge in [0.1, 0.15) is 0 Å². The molecule has 0 spiro atoms. The molecule has 0 saturated carbocycles. The van der Waals surface area contributed by atoms with Crippen LogP contribution in [0.3, 0.4) is 0 Å². The summed E-state index contributed by atoms with van der Waals surface area (Å²) in [4.78, 5) is 24.3. The van der Waals surface area contributed by atoms with Crippen LogP contribution in [0, 0.1) is 13.8 Å². The van der Waals surface area contributed by atoms with Crippen LogP contribution in [-0.4, -0.2) is 80.5 Å². The zero-order chi connectivity index (χ0) is 23.7. The molecule has 0 fully saturated rings. The highest BCUT2D eigenvalue weighted by Gasteiger charge is 2.03. The first-order valence-corrected chi connectivity index (χ1v) is 15.7. The second kappa shape index (κ2) is 17.2. The van der Waals surface area contributed by atoms with Crippen molar-refractivity contribution in [1.29, 1.82) is 0 Å². The Morgan fingerprint density at radius 2 is 1.27 bits per heavy atom. The van der Waals surface area contributed by atoms with Crippen LogP contribution in [0.2, 0.25) is 0 Å². The van der Waals surface area contributed by atoms with E-state index in [4.69, 9.17) is 0 Å². The van der Waals surface area contributed by atoms with Crippen LogP contribution in [0.25, 0.3) is 0 Å². The van der Waals surface area contributed by atoms with Crippen molar-refractivity contribution in [3.8, 4) is 0 Å². The first kappa shape index (κ1) is 28.0. The fraction of sp³-hybridized carbons (Fsp3) is 0.619. The number of nitrogens with zero attached hydrogens (tertiary/aromatic N) is 4. The number of thioether (sulfide) groups is 4. The standard InChI is InChI=1S/C21H36N8S4/c1-16-18(28-14-26-16)12-32-10-8-24-20(30-3)22-6-5-7-23-21(31-4)25-9-11-33-13-19-17(2)27-15-29-19/h14-15H,5-13H2,1-4H3,(H,22,24)(H,23,25)(H,26,28)(H,27,29). The molecule has 8 nitrogen and oxygen atoms in total. The maximum atomic E-state index is 4.68. The van der Waals surface area contributed by atoms with Gasteiger partial charge in [0.15, 0.2) is 10.3 Å². The number of aromatic amines is 2. The number of hydrogen-bond acceptors (Lipinski definition) is 8. The summed E-state index contributed by atoms with van der Waals surface area (Å²) in [5, 5.41) is 8.87. The molecule has 2 aromatic rings. The van der Waals surface area contributed by atoms with Gasteiger partial charge in [-0.05, 0) is 32.8 Å². The summed E-state index contributed by atoms with van der Waals surface area (Å²) in [6.07, 6.45) is 8.58. The minimum atomic E-state index is 0.785. The topological polar surface area (TPSA) is 106 Å². The highest BCUT2D eigenvalue weighted by atomic mass is 32.2. The monoisotopic (exact) mass is 528 g/mol. The summed E-state index contributed by atoms with van der Waals surface area (Å²) in [5.41, 5.74) is 4.59. The number of hydrogen-bond donors (Lipinski definition) is 4. The molecule has 184 valence electrons. The lowest BCUT2D eigenvalue weighted by atomic mass is 10.4. The second-order valence-corrected chi connectivity index (χ2v) is 10.8. The van der Waals surface area contributed by atoms with Crippen LogP contribution in [0.4, 0.5) is 0 Å². The summed E-state index contributed by atoms with van der Waals surface area (Å²) < 4.78 is 0. The average Bonchev–Trinajstić information content (AvgIpc) is 3.42. The third-order valence-electron chi connectivity index (χ3n) is 4.61. The van der Waals surface area contributed by atoms with Gasteiger partial charge in [-0.15, -0.1) is 0 Å². The van der Waals surface area contributed by atoms with Gasteiger partial charge in [-0.1, -0.05) is 23.5 Å². The Kier molecular flexibility index (Phi) is 14.6. The number of aliphatic imine (C=N–C) groups is 2. The minimum Gasteiger partial charge on any atom is -0.364 e. The van der Waals surface area contributed by atoms with E-state index < -0.39 is 0 Å². The molecule has 0 aliphatic heterocycles. The van der Waals surface area contributed by atoms with E-state index in [2.05, 4.69) is 66.9 Å². The van der Waals surface area contributed by atoms with Gasteiger partial charge in [0.2, 0.25) is 0 Å². The van der Waals surface area contributed by atoms with Gasteiger partial charge in [-0.2, -0.15) is 23.5 Å². The molecule has 0 aliphatic rings. The van der Waals surface area contributed by atoms with Crippen molar-refractivity contribution in [2.75, 3.05) is 50.2 Å². The molecular weight excluding hydrogens is 493 g/mol. The van der Waals surface area contributed by atoms with E-state index in [1.54, 1.807) is 36.2 Å². The molecule has 0 bridgehead atoms. The Morgan fingerprint density at radius 1 is 0.818 bits per heavy atom. The van der Waals surface area contributed by atoms with Crippen LogP contribution in [-0.2, 0) is 11.5 Å². The van der Waals surface area contributed by atoms with Gasteiger partial charge >= 0.3 is 0 Å². The number of imidazole rings is 2. The molecule has 2 aromatic heterocycles. The zero-order valence-corrected chi connectivity index (χ0v) is 23.2. The number of H-pyrrole nitrogens is 2. The normalized spacial score (nSPS) is 12.4. The number of amidine groups is 2. The van der Waals surface area contributed by atoms with Crippen LogP contribution in [0.5, 0.6) is 0 Å². The highest BCUT2D eigenvalue weighted by molar-refractivity contribution is 8.13. The molecule has 2 rings (SSSR count). The van der Waals surface area contributed by atoms with Gasteiger partial charge in [-0.3, -0.25) is 9.98 Å². The SMILES string of the molecule is CSC(=NCCCN=C(NCCSCc1nc[nH]c1C)SC)NCCSCc1nc[nH]c1C. The molecule has 12 heteroatoms. The summed E-state index contributed by atoms with van der Waals surface area (Å²) >= 11 is 7.09. The predicted octanol–water partition coefficient (Wildman–Crippen LogP) is 3.92. The Balaban J connectivity index is 1.53. The lowest BCUT2D eigenvalue weighted by Gasteiger charge is -2.08. The van der Waals surface area contributed by atoms with E-state index in [0.29, 0.717) is 0 Å². The highest BCUT2D eigenvalue weighted by Crippen LogP contribution is 2.12. The Hall–Kier alpha value is -1.24. The summed E-state index contributed by atoms with van der Waals surface area (Å²) in [7, 11) is 0. The Labute approximate surface area is 214 Å². The maximum Gasteiger partial charge on any atom is 0.156 e. The fourth-order valence-corrected chi connectivity index (χ4v) is 5.36. The van der Waals surface area contributed by atoms with Crippen molar-refractivity contribution in [3.63, 3.8) is 0 Å². The van der Waals surface area contributed by atoms with Crippen molar-refractivity contribution in [1.82, 2.24) is 30.6 Å².